The van der Waals surface area contributed by atoms with Crippen LogP contribution in [0.3, 0.4) is 0 Å². The van der Waals surface area contributed by atoms with Gasteiger partial charge in [-0.25, -0.2) is 4.98 Å². The Labute approximate surface area is 128 Å². The van der Waals surface area contributed by atoms with Crippen molar-refractivity contribution in [3.63, 3.8) is 0 Å². The molecule has 3 aromatic rings. The highest BCUT2D eigenvalue weighted by molar-refractivity contribution is 9.10. The Morgan fingerprint density at radius 3 is 2.89 bits per heavy atom. The number of hydrogen-bond donors (Lipinski definition) is 1. The Morgan fingerprint density at radius 2 is 2.16 bits per heavy atom. The quantitative estimate of drug-likeness (QED) is 0.636. The smallest absolute Gasteiger partial charge is 0.183 e. The van der Waals surface area contributed by atoms with Gasteiger partial charge in [0.2, 0.25) is 0 Å². The minimum absolute atomic E-state index is 0.613. The molecule has 19 heavy (non-hydrogen) atoms. The first-order chi connectivity index (χ1) is 9.06. The zero-order valence-corrected chi connectivity index (χ0v) is 13.1. The molecular formula is C13H9BrClN3S. The van der Waals surface area contributed by atoms with Gasteiger partial charge < -0.3 is 4.98 Å². The van der Waals surface area contributed by atoms with Crippen molar-refractivity contribution in [2.45, 2.75) is 6.92 Å². The van der Waals surface area contributed by atoms with E-state index in [1.165, 1.54) is 0 Å². The average molecular weight is 355 g/mol. The summed E-state index contributed by atoms with van der Waals surface area (Å²) in [6, 6.07) is 7.69. The Bertz CT molecular complexity index is 838. The number of imidazole rings is 1. The topological polar surface area (TPSA) is 33.6 Å². The maximum atomic E-state index is 6.02. The lowest BCUT2D eigenvalue weighted by Gasteiger charge is -2.05. The minimum Gasteiger partial charge on any atom is -0.329 e. The van der Waals surface area contributed by atoms with Gasteiger partial charge in [0.25, 0.3) is 0 Å². The second kappa shape index (κ2) is 4.74. The van der Waals surface area contributed by atoms with Gasteiger partial charge in [-0.15, -0.1) is 0 Å². The van der Waals surface area contributed by atoms with Crippen LogP contribution in [0.1, 0.15) is 5.56 Å². The fraction of sp³-hybridized carbons (Fsp3) is 0.0769. The molecule has 0 fully saturated rings. The number of aromatic amines is 1. The van der Waals surface area contributed by atoms with Crippen LogP contribution in [-0.2, 0) is 0 Å². The Kier molecular flexibility index (Phi) is 3.20. The van der Waals surface area contributed by atoms with Crippen LogP contribution in [0.5, 0.6) is 0 Å². The Hall–Kier alpha value is -1.17. The summed E-state index contributed by atoms with van der Waals surface area (Å²) in [5, 5.41) is 0.666. The van der Waals surface area contributed by atoms with Crippen LogP contribution in [-0.4, -0.2) is 14.5 Å². The molecule has 3 rings (SSSR count). The summed E-state index contributed by atoms with van der Waals surface area (Å²) in [4.78, 5) is 7.61. The largest absolute Gasteiger partial charge is 0.329 e. The fourth-order valence-corrected chi connectivity index (χ4v) is 2.75. The van der Waals surface area contributed by atoms with Gasteiger partial charge in [-0.1, -0.05) is 11.6 Å². The summed E-state index contributed by atoms with van der Waals surface area (Å²) in [5.74, 6) is 0. The molecular weight excluding hydrogens is 346 g/mol. The predicted molar refractivity (Wildman–Crippen MR) is 83.7 cm³/mol. The summed E-state index contributed by atoms with van der Waals surface area (Å²) in [5.41, 5.74) is 3.75. The molecule has 0 saturated heterocycles. The van der Waals surface area contributed by atoms with Crippen LogP contribution in [0.4, 0.5) is 0 Å². The summed E-state index contributed by atoms with van der Waals surface area (Å²) < 4.78 is 3.34. The first-order valence-electron chi connectivity index (χ1n) is 5.59. The maximum absolute atomic E-state index is 6.02. The van der Waals surface area contributed by atoms with Gasteiger partial charge in [-0.3, -0.25) is 4.57 Å². The minimum atomic E-state index is 0.613. The van der Waals surface area contributed by atoms with Crippen LogP contribution >= 0.6 is 39.7 Å². The third-order valence-electron chi connectivity index (χ3n) is 2.82. The molecule has 6 heteroatoms. The van der Waals surface area contributed by atoms with Crippen LogP contribution < -0.4 is 0 Å². The molecule has 0 aliphatic rings. The van der Waals surface area contributed by atoms with Gasteiger partial charge >= 0.3 is 0 Å². The standard InChI is InChI=1S/C13H9BrClN3S/c1-7-4-11-12(16-6-7)18(13(19)17-11)8-2-3-10(15)9(14)5-8/h2-6H,1H3,(H,17,19). The van der Waals surface area contributed by atoms with Crippen molar-refractivity contribution in [1.82, 2.24) is 14.5 Å². The Balaban J connectivity index is 2.32. The van der Waals surface area contributed by atoms with Crippen molar-refractivity contribution in [3.05, 3.63) is 50.3 Å². The molecule has 2 heterocycles. The molecule has 0 saturated carbocycles. The molecule has 0 unspecified atom stereocenters. The van der Waals surface area contributed by atoms with E-state index in [4.69, 9.17) is 23.8 Å². The molecule has 1 N–H and O–H groups in total. The number of aromatic nitrogens is 3. The summed E-state index contributed by atoms with van der Waals surface area (Å²) in [6.07, 6.45) is 1.83. The second-order valence-electron chi connectivity index (χ2n) is 4.25. The first kappa shape index (κ1) is 12.8. The van der Waals surface area contributed by atoms with Crippen molar-refractivity contribution < 1.29 is 0 Å². The number of halogens is 2. The highest BCUT2D eigenvalue weighted by Crippen LogP contribution is 2.27. The van der Waals surface area contributed by atoms with Gasteiger partial charge in [0.1, 0.15) is 0 Å². The maximum Gasteiger partial charge on any atom is 0.183 e. The van der Waals surface area contributed by atoms with Gasteiger partial charge in [-0.2, -0.15) is 0 Å². The number of rotatable bonds is 1. The normalized spacial score (nSPS) is 11.1. The zero-order valence-electron chi connectivity index (χ0n) is 9.95. The first-order valence-corrected chi connectivity index (χ1v) is 7.17. The SMILES string of the molecule is Cc1cnc2c(c1)[nH]c(=S)n2-c1ccc(Cl)c(Br)c1. The van der Waals surface area contributed by atoms with Crippen molar-refractivity contribution >= 4 is 50.9 Å². The highest BCUT2D eigenvalue weighted by Gasteiger charge is 2.09. The van der Waals surface area contributed by atoms with E-state index in [2.05, 4.69) is 25.9 Å². The lowest BCUT2D eigenvalue weighted by molar-refractivity contribution is 1.04. The van der Waals surface area contributed by atoms with Crippen LogP contribution in [0, 0.1) is 11.7 Å². The van der Waals surface area contributed by atoms with Crippen LogP contribution in [0.25, 0.3) is 16.9 Å². The number of H-pyrrole nitrogens is 1. The number of pyridine rings is 1. The molecule has 0 bridgehead atoms. The molecule has 0 aliphatic heterocycles. The van der Waals surface area contributed by atoms with E-state index in [1.54, 1.807) is 0 Å². The number of fused-ring (bicyclic) bond motifs is 1. The van der Waals surface area contributed by atoms with Gasteiger partial charge in [-0.05, 0) is 64.9 Å². The van der Waals surface area contributed by atoms with Crippen molar-refractivity contribution in [3.8, 4) is 5.69 Å². The third-order valence-corrected chi connectivity index (χ3v) is 4.32. The van der Waals surface area contributed by atoms with Crippen molar-refractivity contribution in [2.75, 3.05) is 0 Å². The number of benzene rings is 1. The summed E-state index contributed by atoms with van der Waals surface area (Å²) in [7, 11) is 0. The van der Waals surface area contributed by atoms with E-state index >= 15 is 0 Å². The molecule has 0 radical (unpaired) electrons. The van der Waals surface area contributed by atoms with Crippen LogP contribution in [0.2, 0.25) is 5.02 Å². The number of aryl methyl sites for hydroxylation is 1. The van der Waals surface area contributed by atoms with E-state index in [0.717, 1.165) is 26.9 Å². The van der Waals surface area contributed by atoms with E-state index in [9.17, 15) is 0 Å². The van der Waals surface area contributed by atoms with Crippen molar-refractivity contribution in [2.24, 2.45) is 0 Å². The lowest BCUT2D eigenvalue weighted by Crippen LogP contribution is -1.95. The molecule has 0 amide bonds. The number of nitrogens with zero attached hydrogens (tertiary/aromatic N) is 2. The van der Waals surface area contributed by atoms with E-state index in [1.807, 2.05) is 42.0 Å². The average Bonchev–Trinajstić information content (AvgIpc) is 2.68. The molecule has 0 aliphatic carbocycles. The van der Waals surface area contributed by atoms with Crippen LogP contribution in [0.15, 0.2) is 34.9 Å². The van der Waals surface area contributed by atoms with Gasteiger partial charge in [0.15, 0.2) is 10.4 Å². The molecule has 0 atom stereocenters. The van der Waals surface area contributed by atoms with E-state index in [-0.39, 0.29) is 0 Å². The predicted octanol–water partition coefficient (Wildman–Crippen LogP) is 4.81. The summed E-state index contributed by atoms with van der Waals surface area (Å²) in [6.45, 7) is 2.00. The Morgan fingerprint density at radius 1 is 1.37 bits per heavy atom. The lowest BCUT2D eigenvalue weighted by atomic mass is 10.3. The molecule has 1 aromatic carbocycles. The molecule has 3 nitrogen and oxygen atoms in total. The highest BCUT2D eigenvalue weighted by atomic mass is 79.9. The number of hydrogen-bond acceptors (Lipinski definition) is 2. The molecule has 0 spiro atoms. The van der Waals surface area contributed by atoms with Crippen molar-refractivity contribution in [1.29, 1.82) is 0 Å². The number of nitrogens with one attached hydrogen (secondary N) is 1. The summed E-state index contributed by atoms with van der Waals surface area (Å²) >= 11 is 14.8. The van der Waals surface area contributed by atoms with Gasteiger partial charge in [0.05, 0.1) is 16.2 Å². The monoisotopic (exact) mass is 353 g/mol. The van der Waals surface area contributed by atoms with E-state index < -0.39 is 0 Å². The van der Waals surface area contributed by atoms with E-state index in [0.29, 0.717) is 9.79 Å². The second-order valence-corrected chi connectivity index (χ2v) is 5.90. The third kappa shape index (κ3) is 2.22. The molecule has 2 aromatic heterocycles. The molecule has 96 valence electrons. The fourth-order valence-electron chi connectivity index (χ4n) is 1.96. The van der Waals surface area contributed by atoms with Gasteiger partial charge in [0, 0.05) is 10.7 Å². The zero-order chi connectivity index (χ0) is 13.6.